The maximum absolute atomic E-state index is 9.10. The summed E-state index contributed by atoms with van der Waals surface area (Å²) in [7, 11) is 4.02. The summed E-state index contributed by atoms with van der Waals surface area (Å²) in [5.41, 5.74) is 3.65. The van der Waals surface area contributed by atoms with Gasteiger partial charge in [0.05, 0.1) is 5.69 Å². The van der Waals surface area contributed by atoms with E-state index in [9.17, 15) is 0 Å². The fourth-order valence-electron chi connectivity index (χ4n) is 2.58. The molecule has 0 bridgehead atoms. The number of guanidine groups is 1. The average molecular weight is 355 g/mol. The largest absolute Gasteiger partial charge is 0.473 e. The fourth-order valence-corrected chi connectivity index (χ4v) is 2.58. The summed E-state index contributed by atoms with van der Waals surface area (Å²) in [5, 5.41) is 18.2. The molecule has 3 rings (SSSR count). The van der Waals surface area contributed by atoms with Gasteiger partial charge in [-0.15, -0.1) is 0 Å². The normalized spacial score (nSPS) is 15.2. The summed E-state index contributed by atoms with van der Waals surface area (Å²) in [6.45, 7) is 0.859. The summed E-state index contributed by atoms with van der Waals surface area (Å²) >= 11 is 0. The molecule has 1 atom stereocenters. The van der Waals surface area contributed by atoms with E-state index >= 15 is 0 Å². The summed E-state index contributed by atoms with van der Waals surface area (Å²) in [6.07, 6.45) is 0. The Morgan fingerprint density at radius 3 is 2.15 bits per heavy atom. The van der Waals surface area contributed by atoms with Crippen molar-refractivity contribution in [1.29, 1.82) is 0 Å². The number of hydrogen-bond acceptors (Lipinski definition) is 5. The van der Waals surface area contributed by atoms with Gasteiger partial charge in [0.25, 0.3) is 0 Å². The molecule has 7 nitrogen and oxygen atoms in total. The minimum absolute atomic E-state index is 0.327. The van der Waals surface area contributed by atoms with Crippen LogP contribution in [0.5, 0.6) is 0 Å². The molecule has 26 heavy (non-hydrogen) atoms. The molecule has 0 aliphatic carbocycles. The maximum Gasteiger partial charge on any atom is 0.414 e. The van der Waals surface area contributed by atoms with Crippen LogP contribution >= 0.6 is 0 Å². The topological polar surface area (TPSA) is 102 Å². The van der Waals surface area contributed by atoms with Crippen LogP contribution in [-0.2, 0) is 9.59 Å². The lowest BCUT2D eigenvalue weighted by atomic mass is 9.90. The lowest BCUT2D eigenvalue weighted by Gasteiger charge is -2.19. The third-order valence-electron chi connectivity index (χ3n) is 3.81. The minimum Gasteiger partial charge on any atom is -0.473 e. The van der Waals surface area contributed by atoms with Crippen LogP contribution in [0.4, 0.5) is 5.69 Å². The highest BCUT2D eigenvalue weighted by atomic mass is 16.4. The monoisotopic (exact) mass is 355 g/mol. The van der Waals surface area contributed by atoms with E-state index in [4.69, 9.17) is 24.8 Å². The second kappa shape index (κ2) is 8.66. The molecule has 1 aliphatic rings. The van der Waals surface area contributed by atoms with E-state index in [1.165, 1.54) is 11.1 Å². The lowest BCUT2D eigenvalue weighted by Crippen LogP contribution is -2.37. The van der Waals surface area contributed by atoms with Crippen molar-refractivity contribution >= 4 is 23.6 Å². The van der Waals surface area contributed by atoms with Gasteiger partial charge in [0.2, 0.25) is 0 Å². The zero-order valence-corrected chi connectivity index (χ0v) is 14.6. The minimum atomic E-state index is -1.82. The number of carboxylic acid groups (broad SMARTS) is 2. The number of aliphatic carboxylic acids is 2. The molecule has 0 saturated heterocycles. The predicted octanol–water partition coefficient (Wildman–Crippen LogP) is 2.13. The van der Waals surface area contributed by atoms with Crippen LogP contribution in [0, 0.1) is 0 Å². The molecule has 3 N–H and O–H groups in total. The first kappa shape index (κ1) is 19.0. The molecule has 2 aromatic rings. The highest BCUT2D eigenvalue weighted by Gasteiger charge is 2.21. The van der Waals surface area contributed by atoms with E-state index in [1.807, 2.05) is 25.1 Å². The Hall–Kier alpha value is -3.35. The van der Waals surface area contributed by atoms with Gasteiger partial charge in [-0.3, -0.25) is 0 Å². The Kier molecular flexibility index (Phi) is 6.32. The molecule has 7 heteroatoms. The molecule has 0 radical (unpaired) electrons. The van der Waals surface area contributed by atoms with Crippen molar-refractivity contribution in [2.75, 3.05) is 20.6 Å². The van der Waals surface area contributed by atoms with Gasteiger partial charge in [0, 0.05) is 26.6 Å². The van der Waals surface area contributed by atoms with Crippen LogP contribution in [-0.4, -0.2) is 53.7 Å². The van der Waals surface area contributed by atoms with Crippen molar-refractivity contribution in [3.63, 3.8) is 0 Å². The molecular weight excluding hydrogens is 334 g/mol. The number of para-hydroxylation sites is 1. The van der Waals surface area contributed by atoms with Gasteiger partial charge in [0.1, 0.15) is 0 Å². The SMILES string of the molecule is CN(C)C1=Nc2ccccc2C(c2ccccc2)CN1.O=C(O)C(=O)O. The number of hydrogen-bond donors (Lipinski definition) is 3. The van der Waals surface area contributed by atoms with E-state index in [0.29, 0.717) is 5.92 Å². The van der Waals surface area contributed by atoms with Crippen LogP contribution in [0.15, 0.2) is 59.6 Å². The number of benzene rings is 2. The van der Waals surface area contributed by atoms with Crippen LogP contribution in [0.3, 0.4) is 0 Å². The zero-order valence-electron chi connectivity index (χ0n) is 14.6. The first-order valence-electron chi connectivity index (χ1n) is 8.00. The third kappa shape index (κ3) is 4.83. The van der Waals surface area contributed by atoms with Crippen LogP contribution in [0.1, 0.15) is 17.0 Å². The van der Waals surface area contributed by atoms with Gasteiger partial charge in [-0.2, -0.15) is 0 Å². The Morgan fingerprint density at radius 2 is 1.58 bits per heavy atom. The first-order valence-corrected chi connectivity index (χ1v) is 8.00. The third-order valence-corrected chi connectivity index (χ3v) is 3.81. The molecule has 0 saturated carbocycles. The molecule has 0 spiro atoms. The quantitative estimate of drug-likeness (QED) is 0.677. The Bertz CT molecular complexity index is 791. The summed E-state index contributed by atoms with van der Waals surface area (Å²) in [4.78, 5) is 25.0. The Morgan fingerprint density at radius 1 is 1.00 bits per heavy atom. The van der Waals surface area contributed by atoms with Crippen LogP contribution < -0.4 is 5.32 Å². The molecule has 1 unspecified atom stereocenters. The summed E-state index contributed by atoms with van der Waals surface area (Å²) in [5.74, 6) is -2.41. The predicted molar refractivity (Wildman–Crippen MR) is 98.8 cm³/mol. The van der Waals surface area contributed by atoms with E-state index in [0.717, 1.165) is 18.2 Å². The number of fused-ring (bicyclic) bond motifs is 1. The van der Waals surface area contributed by atoms with E-state index in [1.54, 1.807) is 0 Å². The molecule has 0 fully saturated rings. The van der Waals surface area contributed by atoms with Crippen molar-refractivity contribution in [3.8, 4) is 0 Å². The van der Waals surface area contributed by atoms with Gasteiger partial charge < -0.3 is 20.4 Å². The second-order valence-electron chi connectivity index (χ2n) is 5.84. The van der Waals surface area contributed by atoms with Crippen molar-refractivity contribution in [1.82, 2.24) is 10.2 Å². The molecule has 2 aromatic carbocycles. The van der Waals surface area contributed by atoms with E-state index in [-0.39, 0.29) is 0 Å². The summed E-state index contributed by atoms with van der Waals surface area (Å²) in [6, 6.07) is 19.0. The van der Waals surface area contributed by atoms with Gasteiger partial charge in [-0.25, -0.2) is 14.6 Å². The van der Waals surface area contributed by atoms with Gasteiger partial charge in [-0.1, -0.05) is 48.5 Å². The molecule has 1 heterocycles. The number of nitrogens with one attached hydrogen (secondary N) is 1. The number of carboxylic acids is 2. The van der Waals surface area contributed by atoms with Crippen molar-refractivity contribution in [2.45, 2.75) is 5.92 Å². The smallest absolute Gasteiger partial charge is 0.414 e. The zero-order chi connectivity index (χ0) is 19.1. The fraction of sp³-hybridized carbons (Fsp3) is 0.211. The molecule has 1 aliphatic heterocycles. The van der Waals surface area contributed by atoms with E-state index in [2.05, 4.69) is 53.8 Å². The number of rotatable bonds is 1. The van der Waals surface area contributed by atoms with Gasteiger partial charge >= 0.3 is 11.9 Å². The number of aliphatic imine (C=N–C) groups is 1. The number of nitrogens with zero attached hydrogens (tertiary/aromatic N) is 2. The standard InChI is InChI=1S/C17H19N3.C2H2O4/c1-20(2)17-18-12-15(13-8-4-3-5-9-13)14-10-6-7-11-16(14)19-17;3-1(4)2(5)6/h3-11,15H,12H2,1-2H3,(H,18,19);(H,3,4)(H,5,6). The lowest BCUT2D eigenvalue weighted by molar-refractivity contribution is -0.159. The van der Waals surface area contributed by atoms with Crippen molar-refractivity contribution in [2.24, 2.45) is 4.99 Å². The van der Waals surface area contributed by atoms with Crippen LogP contribution in [0.25, 0.3) is 0 Å². The van der Waals surface area contributed by atoms with Crippen molar-refractivity contribution in [3.05, 3.63) is 65.7 Å². The number of carbonyl (C=O) groups is 2. The van der Waals surface area contributed by atoms with Gasteiger partial charge in [0.15, 0.2) is 5.96 Å². The Labute approximate surface area is 151 Å². The highest BCUT2D eigenvalue weighted by molar-refractivity contribution is 6.27. The molecule has 0 aromatic heterocycles. The molecule has 136 valence electrons. The summed E-state index contributed by atoms with van der Waals surface area (Å²) < 4.78 is 0. The van der Waals surface area contributed by atoms with E-state index < -0.39 is 11.9 Å². The first-order chi connectivity index (χ1) is 12.4. The molecule has 0 amide bonds. The maximum atomic E-state index is 9.10. The average Bonchev–Trinajstić information content (AvgIpc) is 2.82. The highest BCUT2D eigenvalue weighted by Crippen LogP contribution is 2.33. The van der Waals surface area contributed by atoms with Crippen LogP contribution in [0.2, 0.25) is 0 Å². The molecular formula is C19H21N3O4. The Balaban J connectivity index is 0.000000352. The van der Waals surface area contributed by atoms with Gasteiger partial charge in [-0.05, 0) is 17.2 Å². The second-order valence-corrected chi connectivity index (χ2v) is 5.84. The van der Waals surface area contributed by atoms with Crippen molar-refractivity contribution < 1.29 is 19.8 Å².